The topological polar surface area (TPSA) is 41.5 Å². The third kappa shape index (κ3) is 5.12. The Labute approximate surface area is 134 Å². The number of benzene rings is 2. The maximum atomic E-state index is 9.44. The molecule has 2 aromatic carbocycles. The Morgan fingerprint density at radius 1 is 1.14 bits per heavy atom. The van der Waals surface area contributed by atoms with Gasteiger partial charge in [-0.15, -0.1) is 11.6 Å². The molecule has 0 bridgehead atoms. The van der Waals surface area contributed by atoms with Gasteiger partial charge in [-0.3, -0.25) is 0 Å². The maximum Gasteiger partial charge on any atom is 0.138 e. The van der Waals surface area contributed by atoms with Crippen LogP contribution in [0.5, 0.6) is 5.75 Å². The van der Waals surface area contributed by atoms with E-state index in [4.69, 9.17) is 27.9 Å². The first-order valence-electron chi connectivity index (χ1n) is 6.63. The molecule has 0 fully saturated rings. The van der Waals surface area contributed by atoms with Crippen LogP contribution >= 0.6 is 23.2 Å². The quantitative estimate of drug-likeness (QED) is 0.758. The molecule has 0 amide bonds. The molecule has 0 aliphatic carbocycles. The summed E-state index contributed by atoms with van der Waals surface area (Å²) < 4.78 is 5.69. The molecule has 0 aliphatic rings. The molecular weight excluding hydrogens is 309 g/mol. The van der Waals surface area contributed by atoms with Gasteiger partial charge >= 0.3 is 0 Å². The van der Waals surface area contributed by atoms with Gasteiger partial charge in [0, 0.05) is 12.2 Å². The largest absolute Gasteiger partial charge is 0.487 e. The molecule has 2 N–H and O–H groups in total. The number of anilines is 1. The van der Waals surface area contributed by atoms with Crippen molar-refractivity contribution in [1.29, 1.82) is 0 Å². The molecule has 0 aliphatic heterocycles. The predicted molar refractivity (Wildman–Crippen MR) is 87.4 cm³/mol. The summed E-state index contributed by atoms with van der Waals surface area (Å²) in [4.78, 5) is 0. The Hall–Kier alpha value is -1.42. The summed E-state index contributed by atoms with van der Waals surface area (Å²) in [7, 11) is 0. The number of para-hydroxylation sites is 1. The van der Waals surface area contributed by atoms with Crippen LogP contribution in [0.15, 0.2) is 48.5 Å². The Morgan fingerprint density at radius 3 is 2.71 bits per heavy atom. The van der Waals surface area contributed by atoms with E-state index in [9.17, 15) is 5.11 Å². The van der Waals surface area contributed by atoms with Crippen molar-refractivity contribution in [3.05, 3.63) is 59.1 Å². The van der Waals surface area contributed by atoms with Crippen molar-refractivity contribution < 1.29 is 9.84 Å². The molecule has 0 saturated heterocycles. The number of aliphatic hydroxyl groups excluding tert-OH is 1. The third-order valence-electron chi connectivity index (χ3n) is 2.88. The molecule has 3 nitrogen and oxygen atoms in total. The Bertz CT molecular complexity index is 578. The molecule has 21 heavy (non-hydrogen) atoms. The molecule has 0 heterocycles. The van der Waals surface area contributed by atoms with Crippen LogP contribution in [0, 0.1) is 0 Å². The monoisotopic (exact) mass is 325 g/mol. The molecule has 2 rings (SSSR count). The molecule has 0 radical (unpaired) electrons. The molecule has 112 valence electrons. The predicted octanol–water partition coefficient (Wildman–Crippen LogP) is 3.93. The fourth-order valence-electron chi connectivity index (χ4n) is 1.78. The van der Waals surface area contributed by atoms with E-state index < -0.39 is 6.10 Å². The zero-order valence-corrected chi connectivity index (χ0v) is 12.9. The zero-order chi connectivity index (χ0) is 15.1. The second-order valence-corrected chi connectivity index (χ2v) is 5.32. The molecule has 1 atom stereocenters. The summed E-state index contributed by atoms with van der Waals surface area (Å²) in [6.45, 7) is 0.843. The standard InChI is InChI=1S/C16H17Cl2NO2/c17-9-14(20)10-19-13-5-3-4-12(8-13)11-21-16-7-2-1-6-15(16)18/h1-8,14,19-20H,9-11H2. The normalized spacial score (nSPS) is 12.0. The number of hydrogen-bond acceptors (Lipinski definition) is 3. The first-order chi connectivity index (χ1) is 10.2. The minimum atomic E-state index is -0.560. The van der Waals surface area contributed by atoms with Crippen molar-refractivity contribution in [3.63, 3.8) is 0 Å². The van der Waals surface area contributed by atoms with Gasteiger partial charge in [0.05, 0.1) is 17.0 Å². The van der Waals surface area contributed by atoms with E-state index in [0.29, 0.717) is 23.9 Å². The van der Waals surface area contributed by atoms with E-state index in [2.05, 4.69) is 5.32 Å². The Morgan fingerprint density at radius 2 is 1.95 bits per heavy atom. The summed E-state index contributed by atoms with van der Waals surface area (Å²) in [5.74, 6) is 0.873. The van der Waals surface area contributed by atoms with E-state index in [1.54, 1.807) is 6.07 Å². The van der Waals surface area contributed by atoms with Gasteiger partial charge in [-0.1, -0.05) is 35.9 Å². The van der Waals surface area contributed by atoms with Gasteiger partial charge in [-0.25, -0.2) is 0 Å². The second kappa shape index (κ2) is 8.13. The van der Waals surface area contributed by atoms with Crippen molar-refractivity contribution in [2.45, 2.75) is 12.7 Å². The van der Waals surface area contributed by atoms with Gasteiger partial charge in [0.2, 0.25) is 0 Å². The average Bonchev–Trinajstić information content (AvgIpc) is 2.52. The Kier molecular flexibility index (Phi) is 6.18. The van der Waals surface area contributed by atoms with E-state index in [1.807, 2.05) is 42.5 Å². The second-order valence-electron chi connectivity index (χ2n) is 4.61. The summed E-state index contributed by atoms with van der Waals surface area (Å²) in [6.07, 6.45) is -0.560. The minimum Gasteiger partial charge on any atom is -0.487 e. The van der Waals surface area contributed by atoms with E-state index in [1.165, 1.54) is 0 Å². The fourth-order valence-corrected chi connectivity index (χ4v) is 2.08. The van der Waals surface area contributed by atoms with Crippen molar-refractivity contribution >= 4 is 28.9 Å². The number of hydrogen-bond donors (Lipinski definition) is 2. The fraction of sp³-hybridized carbons (Fsp3) is 0.250. The lowest BCUT2D eigenvalue weighted by Crippen LogP contribution is -2.20. The van der Waals surface area contributed by atoms with Crippen LogP contribution in [0.4, 0.5) is 5.69 Å². The van der Waals surface area contributed by atoms with Gasteiger partial charge in [0.15, 0.2) is 0 Å². The Balaban J connectivity index is 1.93. The van der Waals surface area contributed by atoms with Crippen LogP contribution in [0.3, 0.4) is 0 Å². The van der Waals surface area contributed by atoms with Gasteiger partial charge in [-0.05, 0) is 29.8 Å². The molecule has 1 unspecified atom stereocenters. The number of nitrogens with one attached hydrogen (secondary N) is 1. The van der Waals surface area contributed by atoms with Gasteiger partial charge in [0.25, 0.3) is 0 Å². The number of alkyl halides is 1. The summed E-state index contributed by atoms with van der Waals surface area (Å²) >= 11 is 11.6. The van der Waals surface area contributed by atoms with Crippen molar-refractivity contribution in [1.82, 2.24) is 0 Å². The highest BCUT2D eigenvalue weighted by Crippen LogP contribution is 2.24. The number of aliphatic hydroxyl groups is 1. The number of halogens is 2. The van der Waals surface area contributed by atoms with Crippen LogP contribution in [-0.4, -0.2) is 23.6 Å². The highest BCUT2D eigenvalue weighted by atomic mass is 35.5. The first-order valence-corrected chi connectivity index (χ1v) is 7.54. The summed E-state index contributed by atoms with van der Waals surface area (Å²) in [5.41, 5.74) is 1.93. The van der Waals surface area contributed by atoms with Crippen LogP contribution in [-0.2, 0) is 6.61 Å². The van der Waals surface area contributed by atoms with Gasteiger partial charge < -0.3 is 15.2 Å². The molecule has 5 heteroatoms. The lowest BCUT2D eigenvalue weighted by molar-refractivity contribution is 0.211. The van der Waals surface area contributed by atoms with Crippen molar-refractivity contribution in [2.24, 2.45) is 0 Å². The molecule has 2 aromatic rings. The van der Waals surface area contributed by atoms with Crippen molar-refractivity contribution in [3.8, 4) is 5.75 Å². The molecule has 0 spiro atoms. The van der Waals surface area contributed by atoms with Crippen LogP contribution in [0.2, 0.25) is 5.02 Å². The summed E-state index contributed by atoms with van der Waals surface area (Å²) in [6, 6.07) is 15.2. The summed E-state index contributed by atoms with van der Waals surface area (Å²) in [5, 5.41) is 13.2. The van der Waals surface area contributed by atoms with E-state index in [0.717, 1.165) is 11.3 Å². The van der Waals surface area contributed by atoms with Gasteiger partial charge in [-0.2, -0.15) is 0 Å². The van der Waals surface area contributed by atoms with Crippen LogP contribution in [0.25, 0.3) is 0 Å². The minimum absolute atomic E-state index is 0.211. The highest BCUT2D eigenvalue weighted by molar-refractivity contribution is 6.32. The first kappa shape index (κ1) is 16.0. The molecular formula is C16H17Cl2NO2. The van der Waals surface area contributed by atoms with E-state index in [-0.39, 0.29) is 5.88 Å². The zero-order valence-electron chi connectivity index (χ0n) is 11.4. The average molecular weight is 326 g/mol. The SMILES string of the molecule is OC(CCl)CNc1cccc(COc2ccccc2Cl)c1. The lowest BCUT2D eigenvalue weighted by atomic mass is 10.2. The van der Waals surface area contributed by atoms with E-state index >= 15 is 0 Å². The third-order valence-corrected chi connectivity index (χ3v) is 3.55. The highest BCUT2D eigenvalue weighted by Gasteiger charge is 2.03. The lowest BCUT2D eigenvalue weighted by Gasteiger charge is -2.12. The van der Waals surface area contributed by atoms with Gasteiger partial charge in [0.1, 0.15) is 12.4 Å². The van der Waals surface area contributed by atoms with Crippen LogP contribution < -0.4 is 10.1 Å². The number of ether oxygens (including phenoxy) is 1. The number of rotatable bonds is 7. The smallest absolute Gasteiger partial charge is 0.138 e. The van der Waals surface area contributed by atoms with Crippen molar-refractivity contribution in [2.75, 3.05) is 17.7 Å². The molecule has 0 aromatic heterocycles. The van der Waals surface area contributed by atoms with Crippen LogP contribution in [0.1, 0.15) is 5.56 Å². The molecule has 0 saturated carbocycles. The maximum absolute atomic E-state index is 9.44.